The molecule has 1 aromatic carbocycles. The zero-order chi connectivity index (χ0) is 13.1. The zero-order valence-corrected chi connectivity index (χ0v) is 12.0. The van der Waals surface area contributed by atoms with Gasteiger partial charge in [-0.15, -0.1) is 11.3 Å². The Kier molecular flexibility index (Phi) is 3.98. The molecule has 1 unspecified atom stereocenters. The number of carbonyl (C=O) groups is 1. The Bertz CT molecular complexity index is 571. The van der Waals surface area contributed by atoms with E-state index in [2.05, 4.69) is 26.2 Å². The molecule has 1 atom stereocenters. The van der Waals surface area contributed by atoms with Crippen molar-refractivity contribution in [1.29, 1.82) is 0 Å². The lowest BCUT2D eigenvalue weighted by atomic mass is 10.2. The fourth-order valence-corrected chi connectivity index (χ4v) is 2.82. The average Bonchev–Trinajstić information content (AvgIpc) is 2.72. The van der Waals surface area contributed by atoms with Crippen LogP contribution in [0, 0.1) is 6.92 Å². The molecule has 0 amide bonds. The molecule has 0 saturated heterocycles. The Balaban J connectivity index is 2.28. The van der Waals surface area contributed by atoms with Gasteiger partial charge in [0, 0.05) is 10.2 Å². The molecule has 2 rings (SSSR count). The molecule has 0 aliphatic carbocycles. The van der Waals surface area contributed by atoms with E-state index in [1.165, 1.54) is 11.3 Å². The maximum absolute atomic E-state index is 11.3. The van der Waals surface area contributed by atoms with Crippen LogP contribution in [0.4, 0.5) is 5.69 Å². The Morgan fingerprint density at radius 3 is 2.89 bits per heavy atom. The van der Waals surface area contributed by atoms with Crippen LogP contribution in [0.2, 0.25) is 0 Å². The van der Waals surface area contributed by atoms with Crippen molar-refractivity contribution in [3.05, 3.63) is 44.8 Å². The quantitative estimate of drug-likeness (QED) is 0.903. The predicted molar refractivity (Wildman–Crippen MR) is 75.0 cm³/mol. The molecule has 0 aliphatic rings. The van der Waals surface area contributed by atoms with Gasteiger partial charge in [0.25, 0.3) is 0 Å². The minimum absolute atomic E-state index is 0.725. The highest BCUT2D eigenvalue weighted by molar-refractivity contribution is 9.10. The van der Waals surface area contributed by atoms with Crippen LogP contribution in [0.5, 0.6) is 0 Å². The van der Waals surface area contributed by atoms with Gasteiger partial charge in [-0.05, 0) is 25.1 Å². The third kappa shape index (κ3) is 2.88. The van der Waals surface area contributed by atoms with Crippen LogP contribution in [0.25, 0.3) is 0 Å². The van der Waals surface area contributed by atoms with Crippen molar-refractivity contribution in [3.8, 4) is 0 Å². The third-order valence-corrected chi connectivity index (χ3v) is 3.92. The van der Waals surface area contributed by atoms with Crippen molar-refractivity contribution in [3.63, 3.8) is 0 Å². The predicted octanol–water partition coefficient (Wildman–Crippen LogP) is 3.45. The molecule has 4 nitrogen and oxygen atoms in total. The van der Waals surface area contributed by atoms with Crippen molar-refractivity contribution in [1.82, 2.24) is 4.98 Å². The van der Waals surface area contributed by atoms with Gasteiger partial charge in [-0.2, -0.15) is 0 Å². The van der Waals surface area contributed by atoms with Crippen molar-refractivity contribution in [2.45, 2.75) is 13.0 Å². The van der Waals surface area contributed by atoms with E-state index in [-0.39, 0.29) is 0 Å². The Morgan fingerprint density at radius 2 is 2.33 bits per heavy atom. The number of hydrogen-bond donors (Lipinski definition) is 2. The van der Waals surface area contributed by atoms with E-state index in [4.69, 9.17) is 0 Å². The van der Waals surface area contributed by atoms with Gasteiger partial charge in [0.1, 0.15) is 0 Å². The molecule has 0 fully saturated rings. The van der Waals surface area contributed by atoms with Gasteiger partial charge >= 0.3 is 5.97 Å². The van der Waals surface area contributed by atoms with Gasteiger partial charge in [-0.3, -0.25) is 0 Å². The molecule has 1 aromatic heterocycles. The fourth-order valence-electron chi connectivity index (χ4n) is 1.57. The number of nitrogens with zero attached hydrogens (tertiary/aromatic N) is 1. The first-order valence-electron chi connectivity index (χ1n) is 5.23. The number of aliphatic carboxylic acids is 1. The number of carboxylic acid groups (broad SMARTS) is 1. The summed E-state index contributed by atoms with van der Waals surface area (Å²) in [5.74, 6) is -0.915. The highest BCUT2D eigenvalue weighted by atomic mass is 79.9. The molecule has 6 heteroatoms. The largest absolute Gasteiger partial charge is 0.479 e. The highest BCUT2D eigenvalue weighted by Crippen LogP contribution is 2.27. The summed E-state index contributed by atoms with van der Waals surface area (Å²) < 4.78 is 0.901. The first kappa shape index (κ1) is 13.0. The SMILES string of the molecule is Cc1ncsc1C(Nc1cccc(Br)c1)C(=O)O. The van der Waals surface area contributed by atoms with Crippen LogP contribution in [-0.4, -0.2) is 16.1 Å². The molecular formula is C12H11BrN2O2S. The Labute approximate surface area is 117 Å². The van der Waals surface area contributed by atoms with Crippen LogP contribution < -0.4 is 5.32 Å². The van der Waals surface area contributed by atoms with Gasteiger partial charge in [-0.25, -0.2) is 9.78 Å². The second-order valence-corrected chi connectivity index (χ2v) is 5.53. The Morgan fingerprint density at radius 1 is 1.56 bits per heavy atom. The summed E-state index contributed by atoms with van der Waals surface area (Å²) in [6.45, 7) is 1.81. The summed E-state index contributed by atoms with van der Waals surface area (Å²) in [5, 5.41) is 12.3. The number of hydrogen-bond acceptors (Lipinski definition) is 4. The normalized spacial score (nSPS) is 12.1. The summed E-state index contributed by atoms with van der Waals surface area (Å²) in [4.78, 5) is 16.2. The van der Waals surface area contributed by atoms with E-state index in [1.54, 1.807) is 5.51 Å². The minimum atomic E-state index is -0.915. The van der Waals surface area contributed by atoms with Gasteiger partial charge in [0.2, 0.25) is 0 Å². The third-order valence-electron chi connectivity index (χ3n) is 2.43. The molecule has 2 aromatic rings. The summed E-state index contributed by atoms with van der Waals surface area (Å²) in [7, 11) is 0. The number of nitrogens with one attached hydrogen (secondary N) is 1. The van der Waals surface area contributed by atoms with Gasteiger partial charge in [0.05, 0.1) is 16.1 Å². The molecule has 0 radical (unpaired) electrons. The van der Waals surface area contributed by atoms with E-state index < -0.39 is 12.0 Å². The van der Waals surface area contributed by atoms with E-state index >= 15 is 0 Å². The number of rotatable bonds is 4. The lowest BCUT2D eigenvalue weighted by molar-refractivity contribution is -0.138. The van der Waals surface area contributed by atoms with Gasteiger partial charge < -0.3 is 10.4 Å². The van der Waals surface area contributed by atoms with Crippen molar-refractivity contribution >= 4 is 38.9 Å². The smallest absolute Gasteiger partial charge is 0.331 e. The highest BCUT2D eigenvalue weighted by Gasteiger charge is 2.23. The van der Waals surface area contributed by atoms with Crippen molar-refractivity contribution in [2.24, 2.45) is 0 Å². The first-order valence-corrected chi connectivity index (χ1v) is 6.90. The maximum Gasteiger partial charge on any atom is 0.331 e. The minimum Gasteiger partial charge on any atom is -0.479 e. The lowest BCUT2D eigenvalue weighted by Crippen LogP contribution is -2.20. The molecule has 2 N–H and O–H groups in total. The Hall–Kier alpha value is -1.40. The average molecular weight is 327 g/mol. The summed E-state index contributed by atoms with van der Waals surface area (Å²) >= 11 is 4.70. The molecule has 0 bridgehead atoms. The summed E-state index contributed by atoms with van der Waals surface area (Å²) in [6, 6.07) is 6.64. The summed E-state index contributed by atoms with van der Waals surface area (Å²) in [5.41, 5.74) is 3.16. The molecule has 0 spiro atoms. The van der Waals surface area contributed by atoms with Crippen LogP contribution in [0.1, 0.15) is 16.6 Å². The number of halogens is 1. The van der Waals surface area contributed by atoms with Crippen LogP contribution in [-0.2, 0) is 4.79 Å². The van der Waals surface area contributed by atoms with E-state index in [0.29, 0.717) is 0 Å². The molecule has 0 aliphatic heterocycles. The number of thiazole rings is 1. The number of anilines is 1. The maximum atomic E-state index is 11.3. The van der Waals surface area contributed by atoms with E-state index in [1.807, 2.05) is 31.2 Å². The monoisotopic (exact) mass is 326 g/mol. The zero-order valence-electron chi connectivity index (χ0n) is 9.55. The fraction of sp³-hybridized carbons (Fsp3) is 0.167. The van der Waals surface area contributed by atoms with Crippen LogP contribution >= 0.6 is 27.3 Å². The van der Waals surface area contributed by atoms with Crippen molar-refractivity contribution < 1.29 is 9.90 Å². The molecule has 18 heavy (non-hydrogen) atoms. The number of carboxylic acids is 1. The topological polar surface area (TPSA) is 62.2 Å². The van der Waals surface area contributed by atoms with E-state index in [0.717, 1.165) is 20.7 Å². The summed E-state index contributed by atoms with van der Waals surface area (Å²) in [6.07, 6.45) is 0. The van der Waals surface area contributed by atoms with Crippen LogP contribution in [0.15, 0.2) is 34.2 Å². The first-order chi connectivity index (χ1) is 8.58. The second-order valence-electron chi connectivity index (χ2n) is 3.73. The molecule has 0 saturated carbocycles. The molecule has 94 valence electrons. The number of aromatic nitrogens is 1. The lowest BCUT2D eigenvalue weighted by Gasteiger charge is -2.15. The second kappa shape index (κ2) is 5.49. The van der Waals surface area contributed by atoms with E-state index in [9.17, 15) is 9.90 Å². The standard InChI is InChI=1S/C12H11BrN2O2S/c1-7-11(18-6-14-7)10(12(16)17)15-9-4-2-3-8(13)5-9/h2-6,10,15H,1H3,(H,16,17). The molecule has 1 heterocycles. The molecular weight excluding hydrogens is 316 g/mol. The van der Waals surface area contributed by atoms with Crippen LogP contribution in [0.3, 0.4) is 0 Å². The van der Waals surface area contributed by atoms with Crippen molar-refractivity contribution in [2.75, 3.05) is 5.32 Å². The van der Waals surface area contributed by atoms with Gasteiger partial charge in [0.15, 0.2) is 6.04 Å². The van der Waals surface area contributed by atoms with Gasteiger partial charge in [-0.1, -0.05) is 22.0 Å². The number of benzene rings is 1. The number of aryl methyl sites for hydroxylation is 1.